The lowest BCUT2D eigenvalue weighted by molar-refractivity contribution is -0.118. The zero-order valence-corrected chi connectivity index (χ0v) is 21.0. The van der Waals surface area contributed by atoms with Crippen LogP contribution in [0.15, 0.2) is 71.2 Å². The molecule has 0 atom stereocenters. The highest BCUT2D eigenvalue weighted by atomic mass is 79.9. The maximum absolute atomic E-state index is 12.5. The van der Waals surface area contributed by atoms with E-state index in [0.29, 0.717) is 22.7 Å². The number of hydrogen-bond acceptors (Lipinski definition) is 3. The minimum Gasteiger partial charge on any atom is -0.483 e. The third kappa shape index (κ3) is 6.93. The van der Waals surface area contributed by atoms with Crippen molar-refractivity contribution in [3.63, 3.8) is 0 Å². The van der Waals surface area contributed by atoms with Crippen LogP contribution in [0.2, 0.25) is 0 Å². The molecule has 0 fully saturated rings. The number of carbonyl (C=O) groups is 2. The predicted molar refractivity (Wildman–Crippen MR) is 137 cm³/mol. The minimum atomic E-state index is -0.266. The van der Waals surface area contributed by atoms with Crippen LogP contribution in [0, 0.1) is 0 Å². The minimum absolute atomic E-state index is 0.0382. The normalized spacial score (nSPS) is 11.1. The van der Waals surface area contributed by atoms with Gasteiger partial charge in [0.15, 0.2) is 6.61 Å². The Morgan fingerprint density at radius 1 is 0.879 bits per heavy atom. The number of anilines is 2. The Morgan fingerprint density at radius 2 is 1.48 bits per heavy atom. The van der Waals surface area contributed by atoms with Crippen molar-refractivity contribution < 1.29 is 14.3 Å². The summed E-state index contributed by atoms with van der Waals surface area (Å²) in [5, 5.41) is 5.67. The summed E-state index contributed by atoms with van der Waals surface area (Å²) >= 11 is 3.47. The van der Waals surface area contributed by atoms with Crippen LogP contribution < -0.4 is 15.4 Å². The molecule has 0 aromatic heterocycles. The SMILES string of the molecule is CCc1ccc(OCC(=O)Nc2ccc(NC(=O)c3ccc(C(C)(C)C)cc3)cc2)c(Br)c1. The van der Waals surface area contributed by atoms with Gasteiger partial charge in [-0.25, -0.2) is 0 Å². The molecular weight excluding hydrogens is 480 g/mol. The van der Waals surface area contributed by atoms with Crippen LogP contribution in [0.3, 0.4) is 0 Å². The first-order chi connectivity index (χ1) is 15.7. The first-order valence-electron chi connectivity index (χ1n) is 10.9. The molecular formula is C27H29BrN2O3. The average Bonchev–Trinajstić information content (AvgIpc) is 2.79. The number of hydrogen-bond donors (Lipinski definition) is 2. The van der Waals surface area contributed by atoms with E-state index in [-0.39, 0.29) is 23.8 Å². The van der Waals surface area contributed by atoms with Gasteiger partial charge in [-0.1, -0.05) is 45.9 Å². The van der Waals surface area contributed by atoms with Gasteiger partial charge >= 0.3 is 0 Å². The second-order valence-corrected chi connectivity index (χ2v) is 9.67. The lowest BCUT2D eigenvalue weighted by Crippen LogP contribution is -2.20. The van der Waals surface area contributed by atoms with Crippen LogP contribution >= 0.6 is 15.9 Å². The molecule has 0 unspecified atom stereocenters. The summed E-state index contributed by atoms with van der Waals surface area (Å²) in [5.74, 6) is 0.174. The number of rotatable bonds is 7. The summed E-state index contributed by atoms with van der Waals surface area (Å²) in [6.45, 7) is 8.38. The molecule has 0 saturated carbocycles. The van der Waals surface area contributed by atoms with Gasteiger partial charge in [-0.3, -0.25) is 9.59 Å². The van der Waals surface area contributed by atoms with Crippen molar-refractivity contribution in [2.75, 3.05) is 17.2 Å². The molecule has 2 N–H and O–H groups in total. The van der Waals surface area contributed by atoms with Crippen molar-refractivity contribution in [3.8, 4) is 5.75 Å². The molecule has 0 heterocycles. The fourth-order valence-electron chi connectivity index (χ4n) is 3.18. The molecule has 0 aliphatic carbocycles. The molecule has 0 saturated heterocycles. The van der Waals surface area contributed by atoms with Crippen molar-refractivity contribution >= 4 is 39.1 Å². The number of aryl methyl sites for hydroxylation is 1. The molecule has 6 heteroatoms. The first-order valence-corrected chi connectivity index (χ1v) is 11.7. The van der Waals surface area contributed by atoms with Gasteiger partial charge in [0.25, 0.3) is 11.8 Å². The number of carbonyl (C=O) groups excluding carboxylic acids is 2. The van der Waals surface area contributed by atoms with Crippen molar-refractivity contribution in [3.05, 3.63) is 87.9 Å². The Balaban J connectivity index is 1.52. The number of benzene rings is 3. The molecule has 3 rings (SSSR count). The molecule has 2 amide bonds. The van der Waals surface area contributed by atoms with E-state index in [0.717, 1.165) is 10.9 Å². The molecule has 0 bridgehead atoms. The van der Waals surface area contributed by atoms with E-state index in [1.807, 2.05) is 42.5 Å². The quantitative estimate of drug-likeness (QED) is 0.378. The molecule has 0 aliphatic heterocycles. The maximum atomic E-state index is 12.5. The zero-order valence-electron chi connectivity index (χ0n) is 19.4. The van der Waals surface area contributed by atoms with Crippen molar-refractivity contribution in [1.29, 1.82) is 0 Å². The summed E-state index contributed by atoms with van der Waals surface area (Å²) in [5.41, 5.74) is 4.26. The van der Waals surface area contributed by atoms with E-state index < -0.39 is 0 Å². The Kier molecular flexibility index (Phi) is 7.92. The molecule has 0 radical (unpaired) electrons. The number of nitrogens with one attached hydrogen (secondary N) is 2. The molecule has 3 aromatic carbocycles. The Bertz CT molecular complexity index is 1120. The number of halogens is 1. The maximum Gasteiger partial charge on any atom is 0.262 e. The molecule has 0 spiro atoms. The lowest BCUT2D eigenvalue weighted by Gasteiger charge is -2.19. The van der Waals surface area contributed by atoms with Crippen LogP contribution in [0.1, 0.15) is 49.2 Å². The van der Waals surface area contributed by atoms with E-state index >= 15 is 0 Å². The third-order valence-electron chi connectivity index (χ3n) is 5.20. The summed E-state index contributed by atoms with van der Waals surface area (Å²) in [7, 11) is 0. The Morgan fingerprint density at radius 3 is 2.03 bits per heavy atom. The summed E-state index contributed by atoms with van der Waals surface area (Å²) in [6, 6.07) is 20.4. The topological polar surface area (TPSA) is 67.4 Å². The highest BCUT2D eigenvalue weighted by Crippen LogP contribution is 2.26. The summed E-state index contributed by atoms with van der Waals surface area (Å²) in [6.07, 6.45) is 0.930. The van der Waals surface area contributed by atoms with Gasteiger partial charge in [-0.05, 0) is 87.4 Å². The average molecular weight is 509 g/mol. The van der Waals surface area contributed by atoms with E-state index in [1.54, 1.807) is 24.3 Å². The summed E-state index contributed by atoms with van der Waals surface area (Å²) in [4.78, 5) is 24.8. The lowest BCUT2D eigenvalue weighted by atomic mass is 9.87. The van der Waals surface area contributed by atoms with E-state index in [4.69, 9.17) is 4.74 Å². The highest BCUT2D eigenvalue weighted by molar-refractivity contribution is 9.10. The Hall–Kier alpha value is -3.12. The fraction of sp³-hybridized carbons (Fsp3) is 0.259. The number of amides is 2. The predicted octanol–water partition coefficient (Wildman–Crippen LogP) is 6.58. The van der Waals surface area contributed by atoms with E-state index in [2.05, 4.69) is 54.3 Å². The fourth-order valence-corrected chi connectivity index (χ4v) is 3.72. The largest absolute Gasteiger partial charge is 0.483 e. The second kappa shape index (κ2) is 10.7. The van der Waals surface area contributed by atoms with Crippen LogP contribution in [-0.2, 0) is 16.6 Å². The first kappa shape index (κ1) is 24.5. The van der Waals surface area contributed by atoms with Gasteiger partial charge < -0.3 is 15.4 Å². The van der Waals surface area contributed by atoms with Gasteiger partial charge in [0.05, 0.1) is 4.47 Å². The van der Waals surface area contributed by atoms with Gasteiger partial charge in [-0.2, -0.15) is 0 Å². The molecule has 33 heavy (non-hydrogen) atoms. The van der Waals surface area contributed by atoms with Crippen LogP contribution in [0.25, 0.3) is 0 Å². The van der Waals surface area contributed by atoms with Crippen molar-refractivity contribution in [1.82, 2.24) is 0 Å². The van der Waals surface area contributed by atoms with Crippen LogP contribution in [0.5, 0.6) is 5.75 Å². The van der Waals surface area contributed by atoms with Gasteiger partial charge in [0, 0.05) is 16.9 Å². The van der Waals surface area contributed by atoms with E-state index in [9.17, 15) is 9.59 Å². The van der Waals surface area contributed by atoms with Crippen LogP contribution in [-0.4, -0.2) is 18.4 Å². The van der Waals surface area contributed by atoms with E-state index in [1.165, 1.54) is 11.1 Å². The number of ether oxygens (including phenoxy) is 1. The summed E-state index contributed by atoms with van der Waals surface area (Å²) < 4.78 is 6.43. The van der Waals surface area contributed by atoms with Crippen LogP contribution in [0.4, 0.5) is 11.4 Å². The molecule has 5 nitrogen and oxygen atoms in total. The van der Waals surface area contributed by atoms with Gasteiger partial charge in [-0.15, -0.1) is 0 Å². The third-order valence-corrected chi connectivity index (χ3v) is 5.82. The molecule has 3 aromatic rings. The zero-order chi connectivity index (χ0) is 24.0. The molecule has 172 valence electrons. The molecule has 0 aliphatic rings. The standard InChI is InChI=1S/C27H29BrN2O3/c1-5-18-6-15-24(23(28)16-18)33-17-25(31)29-21-11-13-22(14-12-21)30-26(32)19-7-9-20(10-8-19)27(2,3)4/h6-16H,5,17H2,1-4H3,(H,29,31)(H,30,32). The van der Waals surface area contributed by atoms with Gasteiger partial charge in [0.2, 0.25) is 0 Å². The smallest absolute Gasteiger partial charge is 0.262 e. The van der Waals surface area contributed by atoms with Crippen molar-refractivity contribution in [2.24, 2.45) is 0 Å². The van der Waals surface area contributed by atoms with Crippen molar-refractivity contribution in [2.45, 2.75) is 39.5 Å². The second-order valence-electron chi connectivity index (χ2n) is 8.81. The van der Waals surface area contributed by atoms with Gasteiger partial charge in [0.1, 0.15) is 5.75 Å². The monoisotopic (exact) mass is 508 g/mol. The Labute approximate surface area is 203 Å². The highest BCUT2D eigenvalue weighted by Gasteiger charge is 2.14.